The average Bonchev–Trinajstić information content (AvgIpc) is 2.72. The molecule has 1 heterocycles. The molecular formula is C12H14BrFN2O. The Morgan fingerprint density at radius 3 is 3.00 bits per heavy atom. The summed E-state index contributed by atoms with van der Waals surface area (Å²) in [6.45, 7) is 0.650. The van der Waals surface area contributed by atoms with Crippen LogP contribution in [-0.4, -0.2) is 22.3 Å². The van der Waals surface area contributed by atoms with Gasteiger partial charge in [0, 0.05) is 17.6 Å². The lowest BCUT2D eigenvalue weighted by Crippen LogP contribution is -2.28. The van der Waals surface area contributed by atoms with E-state index in [2.05, 4.69) is 26.2 Å². The highest BCUT2D eigenvalue weighted by Gasteiger charge is 2.22. The van der Waals surface area contributed by atoms with Gasteiger partial charge >= 0.3 is 0 Å². The van der Waals surface area contributed by atoms with E-state index in [4.69, 9.17) is 0 Å². The number of hydrogen-bond acceptors (Lipinski definition) is 2. The van der Waals surface area contributed by atoms with E-state index in [1.165, 1.54) is 12.3 Å². The van der Waals surface area contributed by atoms with Crippen molar-refractivity contribution in [3.05, 3.63) is 29.8 Å². The fourth-order valence-corrected chi connectivity index (χ4v) is 2.87. The van der Waals surface area contributed by atoms with E-state index in [0.717, 1.165) is 25.5 Å². The number of aromatic nitrogens is 1. The molecule has 2 unspecified atom stereocenters. The largest absolute Gasteiger partial charge is 0.352 e. The number of halogens is 2. The van der Waals surface area contributed by atoms with E-state index in [1.807, 2.05) is 0 Å². The molecule has 0 spiro atoms. The van der Waals surface area contributed by atoms with Crippen LogP contribution in [0.4, 0.5) is 4.39 Å². The number of hydrogen-bond donors (Lipinski definition) is 1. The van der Waals surface area contributed by atoms with Gasteiger partial charge in [-0.05, 0) is 31.2 Å². The minimum atomic E-state index is -0.487. The Morgan fingerprint density at radius 1 is 1.53 bits per heavy atom. The normalized spacial score (nSPS) is 23.6. The molecule has 1 aromatic heterocycles. The summed E-state index contributed by atoms with van der Waals surface area (Å²) in [6, 6.07) is 1.20. The SMILES string of the molecule is O=C(NCC1CCC(Br)C1)c1cncc(F)c1. The molecule has 3 nitrogen and oxygen atoms in total. The monoisotopic (exact) mass is 300 g/mol. The lowest BCUT2D eigenvalue weighted by Gasteiger charge is -2.10. The van der Waals surface area contributed by atoms with Crippen molar-refractivity contribution < 1.29 is 9.18 Å². The molecule has 0 radical (unpaired) electrons. The maximum atomic E-state index is 12.9. The van der Waals surface area contributed by atoms with Gasteiger partial charge in [0.15, 0.2) is 0 Å². The zero-order valence-electron chi connectivity index (χ0n) is 9.33. The van der Waals surface area contributed by atoms with Crippen LogP contribution < -0.4 is 5.32 Å². The predicted molar refractivity (Wildman–Crippen MR) is 66.6 cm³/mol. The summed E-state index contributed by atoms with van der Waals surface area (Å²) in [5.74, 6) is -0.223. The number of pyridine rings is 1. The molecule has 0 bridgehead atoms. The molecule has 0 aliphatic heterocycles. The van der Waals surface area contributed by atoms with Gasteiger partial charge in [-0.1, -0.05) is 15.9 Å². The smallest absolute Gasteiger partial charge is 0.252 e. The van der Waals surface area contributed by atoms with Crippen LogP contribution in [0.2, 0.25) is 0 Å². The summed E-state index contributed by atoms with van der Waals surface area (Å²) < 4.78 is 12.9. The molecule has 92 valence electrons. The zero-order chi connectivity index (χ0) is 12.3. The van der Waals surface area contributed by atoms with Crippen molar-refractivity contribution in [2.75, 3.05) is 6.54 Å². The van der Waals surface area contributed by atoms with Crippen molar-refractivity contribution >= 4 is 21.8 Å². The fourth-order valence-electron chi connectivity index (χ4n) is 2.07. The molecule has 1 aliphatic rings. The van der Waals surface area contributed by atoms with Crippen LogP contribution in [-0.2, 0) is 0 Å². The number of alkyl halides is 1. The van der Waals surface area contributed by atoms with Gasteiger partial charge in [-0.3, -0.25) is 9.78 Å². The first-order valence-corrected chi connectivity index (χ1v) is 6.59. The van der Waals surface area contributed by atoms with E-state index in [1.54, 1.807) is 0 Å². The second kappa shape index (κ2) is 5.58. The molecule has 1 fully saturated rings. The highest BCUT2D eigenvalue weighted by atomic mass is 79.9. The molecule has 0 aromatic carbocycles. The zero-order valence-corrected chi connectivity index (χ0v) is 10.9. The highest BCUT2D eigenvalue weighted by molar-refractivity contribution is 9.09. The van der Waals surface area contributed by atoms with Gasteiger partial charge in [-0.25, -0.2) is 4.39 Å². The molecule has 1 N–H and O–H groups in total. The minimum Gasteiger partial charge on any atom is -0.352 e. The molecule has 17 heavy (non-hydrogen) atoms. The number of carbonyl (C=O) groups is 1. The van der Waals surface area contributed by atoms with Crippen LogP contribution >= 0.6 is 15.9 Å². The maximum absolute atomic E-state index is 12.9. The minimum absolute atomic E-state index is 0.255. The Morgan fingerprint density at radius 2 is 2.35 bits per heavy atom. The number of nitrogens with one attached hydrogen (secondary N) is 1. The first kappa shape index (κ1) is 12.5. The first-order valence-electron chi connectivity index (χ1n) is 5.68. The summed E-state index contributed by atoms with van der Waals surface area (Å²) >= 11 is 3.57. The van der Waals surface area contributed by atoms with E-state index in [-0.39, 0.29) is 11.5 Å². The second-order valence-corrected chi connectivity index (χ2v) is 5.67. The van der Waals surface area contributed by atoms with Gasteiger partial charge in [0.2, 0.25) is 0 Å². The van der Waals surface area contributed by atoms with Crippen LogP contribution in [0.3, 0.4) is 0 Å². The Labute approximate surface area is 108 Å². The van der Waals surface area contributed by atoms with Gasteiger partial charge in [0.05, 0.1) is 11.8 Å². The van der Waals surface area contributed by atoms with E-state index in [0.29, 0.717) is 17.3 Å². The summed E-state index contributed by atoms with van der Waals surface area (Å²) in [5, 5.41) is 2.82. The van der Waals surface area contributed by atoms with Crippen molar-refractivity contribution in [3.63, 3.8) is 0 Å². The van der Waals surface area contributed by atoms with Crippen molar-refractivity contribution in [2.45, 2.75) is 24.1 Å². The number of rotatable bonds is 3. The number of nitrogens with zero attached hydrogens (tertiary/aromatic N) is 1. The van der Waals surface area contributed by atoms with Gasteiger partial charge in [-0.2, -0.15) is 0 Å². The summed E-state index contributed by atoms with van der Waals surface area (Å²) in [4.78, 5) is 15.9. The van der Waals surface area contributed by atoms with Crippen molar-refractivity contribution in [1.82, 2.24) is 10.3 Å². The molecule has 1 aliphatic carbocycles. The van der Waals surface area contributed by atoms with Gasteiger partial charge in [-0.15, -0.1) is 0 Å². The van der Waals surface area contributed by atoms with Crippen molar-refractivity contribution in [1.29, 1.82) is 0 Å². The van der Waals surface area contributed by atoms with Crippen molar-refractivity contribution in [3.8, 4) is 0 Å². The summed E-state index contributed by atoms with van der Waals surface area (Å²) in [6.07, 6.45) is 5.82. The molecule has 2 rings (SSSR count). The quantitative estimate of drug-likeness (QED) is 0.872. The Hall–Kier alpha value is -0.970. The first-order chi connectivity index (χ1) is 8.15. The van der Waals surface area contributed by atoms with Gasteiger partial charge in [0.25, 0.3) is 5.91 Å². The third kappa shape index (κ3) is 3.49. The Kier molecular flexibility index (Phi) is 4.10. The number of amides is 1. The molecule has 1 amide bonds. The van der Waals surface area contributed by atoms with E-state index in [9.17, 15) is 9.18 Å². The topological polar surface area (TPSA) is 42.0 Å². The molecule has 1 saturated carbocycles. The van der Waals surface area contributed by atoms with Crippen LogP contribution in [0, 0.1) is 11.7 Å². The Balaban J connectivity index is 1.85. The summed E-state index contributed by atoms with van der Waals surface area (Å²) in [7, 11) is 0. The molecule has 2 atom stereocenters. The van der Waals surface area contributed by atoms with Gasteiger partial charge < -0.3 is 5.32 Å². The van der Waals surface area contributed by atoms with Crippen molar-refractivity contribution in [2.24, 2.45) is 5.92 Å². The predicted octanol–water partition coefficient (Wildman–Crippen LogP) is 2.51. The van der Waals surface area contributed by atoms with Crippen LogP contribution in [0.15, 0.2) is 18.5 Å². The van der Waals surface area contributed by atoms with Crippen LogP contribution in [0.25, 0.3) is 0 Å². The molecule has 0 saturated heterocycles. The van der Waals surface area contributed by atoms with E-state index < -0.39 is 5.82 Å². The van der Waals surface area contributed by atoms with Crippen LogP contribution in [0.1, 0.15) is 29.6 Å². The fraction of sp³-hybridized carbons (Fsp3) is 0.500. The molecule has 5 heteroatoms. The van der Waals surface area contributed by atoms with E-state index >= 15 is 0 Å². The second-order valence-electron chi connectivity index (χ2n) is 4.38. The maximum Gasteiger partial charge on any atom is 0.252 e. The average molecular weight is 301 g/mol. The van der Waals surface area contributed by atoms with Gasteiger partial charge in [0.1, 0.15) is 5.82 Å². The lowest BCUT2D eigenvalue weighted by molar-refractivity contribution is 0.0946. The third-order valence-electron chi connectivity index (χ3n) is 3.00. The summed E-state index contributed by atoms with van der Waals surface area (Å²) in [5.41, 5.74) is 0.276. The molecule has 1 aromatic rings. The Bertz CT molecular complexity index is 413. The number of carbonyl (C=O) groups excluding carboxylic acids is 1. The third-order valence-corrected chi connectivity index (χ3v) is 3.83. The lowest BCUT2D eigenvalue weighted by atomic mass is 10.1. The molecular weight excluding hydrogens is 287 g/mol. The standard InChI is InChI=1S/C12H14BrFN2O/c13-10-2-1-8(3-10)5-16-12(17)9-4-11(14)7-15-6-9/h4,6-8,10H,1-3,5H2,(H,16,17). The highest BCUT2D eigenvalue weighted by Crippen LogP contribution is 2.29. The van der Waals surface area contributed by atoms with Crippen LogP contribution in [0.5, 0.6) is 0 Å².